The number of rotatable bonds is 6. The molecule has 0 atom stereocenters. The van der Waals surface area contributed by atoms with E-state index in [0.29, 0.717) is 12.2 Å². The lowest BCUT2D eigenvalue weighted by molar-refractivity contribution is 0.301. The van der Waals surface area contributed by atoms with Crippen molar-refractivity contribution in [2.45, 2.75) is 20.0 Å². The van der Waals surface area contributed by atoms with Crippen LogP contribution in [0, 0.1) is 11.3 Å². The zero-order chi connectivity index (χ0) is 14.2. The van der Waals surface area contributed by atoms with Crippen LogP contribution in [0.2, 0.25) is 0 Å². The van der Waals surface area contributed by atoms with E-state index in [1.165, 1.54) is 0 Å². The Kier molecular flexibility index (Phi) is 5.02. The predicted octanol–water partition coefficient (Wildman–Crippen LogP) is 3.93. The van der Waals surface area contributed by atoms with Crippen molar-refractivity contribution in [2.24, 2.45) is 0 Å². The van der Waals surface area contributed by atoms with E-state index in [0.717, 1.165) is 30.1 Å². The number of benzene rings is 2. The molecule has 0 aromatic heterocycles. The molecule has 0 aliphatic rings. The molecule has 2 rings (SSSR count). The molecule has 0 bridgehead atoms. The molecule has 20 heavy (non-hydrogen) atoms. The highest BCUT2D eigenvalue weighted by Gasteiger charge is 1.99. The summed E-state index contributed by atoms with van der Waals surface area (Å²) >= 11 is 0. The van der Waals surface area contributed by atoms with E-state index in [2.05, 4.69) is 13.0 Å². The Morgan fingerprint density at radius 2 is 1.70 bits per heavy atom. The molecule has 0 radical (unpaired) electrons. The molecule has 0 saturated heterocycles. The van der Waals surface area contributed by atoms with Gasteiger partial charge in [-0.15, -0.1) is 0 Å². The third-order valence-corrected chi connectivity index (χ3v) is 2.76. The number of ether oxygens (including phenoxy) is 2. The number of nitriles is 1. The molecule has 0 heterocycles. The third-order valence-electron chi connectivity index (χ3n) is 2.76. The van der Waals surface area contributed by atoms with E-state index in [9.17, 15) is 0 Å². The van der Waals surface area contributed by atoms with Crippen molar-refractivity contribution in [3.8, 4) is 17.6 Å². The van der Waals surface area contributed by atoms with Crippen molar-refractivity contribution in [3.05, 3.63) is 59.7 Å². The highest BCUT2D eigenvalue weighted by atomic mass is 16.5. The Morgan fingerprint density at radius 1 is 1.00 bits per heavy atom. The number of hydrogen-bond acceptors (Lipinski definition) is 3. The summed E-state index contributed by atoms with van der Waals surface area (Å²) in [6, 6.07) is 17.1. The topological polar surface area (TPSA) is 42.2 Å². The van der Waals surface area contributed by atoms with Crippen LogP contribution in [0.15, 0.2) is 48.5 Å². The summed E-state index contributed by atoms with van der Waals surface area (Å²) in [5.74, 6) is 1.64. The van der Waals surface area contributed by atoms with Crippen molar-refractivity contribution < 1.29 is 9.47 Å². The molecule has 0 spiro atoms. The Bertz CT molecular complexity index is 585. The molecular weight excluding hydrogens is 250 g/mol. The fraction of sp³-hybridized carbons (Fsp3) is 0.235. The number of hydrogen-bond donors (Lipinski definition) is 0. The van der Waals surface area contributed by atoms with Gasteiger partial charge in [0.05, 0.1) is 18.2 Å². The van der Waals surface area contributed by atoms with Crippen LogP contribution in [0.25, 0.3) is 0 Å². The van der Waals surface area contributed by atoms with Crippen LogP contribution in [0.4, 0.5) is 0 Å². The van der Waals surface area contributed by atoms with Gasteiger partial charge in [0.15, 0.2) is 0 Å². The van der Waals surface area contributed by atoms with E-state index in [4.69, 9.17) is 14.7 Å². The largest absolute Gasteiger partial charge is 0.494 e. The molecular formula is C17H17NO2. The zero-order valence-corrected chi connectivity index (χ0v) is 11.5. The van der Waals surface area contributed by atoms with Crippen molar-refractivity contribution >= 4 is 0 Å². The fourth-order valence-electron chi connectivity index (χ4n) is 1.75. The summed E-state index contributed by atoms with van der Waals surface area (Å²) in [7, 11) is 0. The highest BCUT2D eigenvalue weighted by molar-refractivity contribution is 5.34. The van der Waals surface area contributed by atoms with Gasteiger partial charge in [-0.1, -0.05) is 19.1 Å². The van der Waals surface area contributed by atoms with Gasteiger partial charge in [-0.25, -0.2) is 0 Å². The standard InChI is InChI=1S/C17H17NO2/c1-2-10-19-16-6-8-17(9-7-16)20-13-15-5-3-4-14(11-15)12-18/h3-9,11H,2,10,13H2,1H3. The van der Waals surface area contributed by atoms with E-state index in [1.54, 1.807) is 6.07 Å². The Balaban J connectivity index is 1.92. The van der Waals surface area contributed by atoms with E-state index in [-0.39, 0.29) is 0 Å². The second-order valence-corrected chi connectivity index (χ2v) is 4.42. The van der Waals surface area contributed by atoms with Crippen LogP contribution in [-0.4, -0.2) is 6.61 Å². The minimum absolute atomic E-state index is 0.449. The maximum atomic E-state index is 8.84. The average Bonchev–Trinajstić information content (AvgIpc) is 2.52. The summed E-state index contributed by atoms with van der Waals surface area (Å²) in [5.41, 5.74) is 1.63. The van der Waals surface area contributed by atoms with Crippen LogP contribution < -0.4 is 9.47 Å². The molecule has 0 aliphatic carbocycles. The zero-order valence-electron chi connectivity index (χ0n) is 11.5. The van der Waals surface area contributed by atoms with E-state index >= 15 is 0 Å². The molecule has 2 aromatic carbocycles. The molecule has 0 unspecified atom stereocenters. The van der Waals surface area contributed by atoms with Gasteiger partial charge >= 0.3 is 0 Å². The average molecular weight is 267 g/mol. The van der Waals surface area contributed by atoms with Crippen molar-refractivity contribution in [1.29, 1.82) is 5.26 Å². The highest BCUT2D eigenvalue weighted by Crippen LogP contribution is 2.19. The van der Waals surface area contributed by atoms with Gasteiger partial charge in [0.2, 0.25) is 0 Å². The first kappa shape index (κ1) is 14.0. The quantitative estimate of drug-likeness (QED) is 0.796. The minimum atomic E-state index is 0.449. The van der Waals surface area contributed by atoms with Gasteiger partial charge in [0.25, 0.3) is 0 Å². The van der Waals surface area contributed by atoms with Crippen molar-refractivity contribution in [1.82, 2.24) is 0 Å². The monoisotopic (exact) mass is 267 g/mol. The Hall–Kier alpha value is -2.47. The summed E-state index contributed by atoms with van der Waals surface area (Å²) in [6.07, 6.45) is 0.994. The number of nitrogens with zero attached hydrogens (tertiary/aromatic N) is 1. The van der Waals surface area contributed by atoms with Crippen LogP contribution >= 0.6 is 0 Å². The Labute approximate surface area is 119 Å². The van der Waals surface area contributed by atoms with Crippen LogP contribution in [-0.2, 0) is 6.61 Å². The lowest BCUT2D eigenvalue weighted by atomic mass is 10.1. The second-order valence-electron chi connectivity index (χ2n) is 4.42. The molecule has 2 aromatic rings. The molecule has 0 N–H and O–H groups in total. The van der Waals surface area contributed by atoms with E-state index < -0.39 is 0 Å². The fourth-order valence-corrected chi connectivity index (χ4v) is 1.75. The van der Waals surface area contributed by atoms with Gasteiger partial charge in [0, 0.05) is 0 Å². The van der Waals surface area contributed by atoms with Gasteiger partial charge < -0.3 is 9.47 Å². The first-order valence-corrected chi connectivity index (χ1v) is 6.66. The SMILES string of the molecule is CCCOc1ccc(OCc2cccc(C#N)c2)cc1. The van der Waals surface area contributed by atoms with Crippen molar-refractivity contribution in [3.63, 3.8) is 0 Å². The Morgan fingerprint density at radius 3 is 2.35 bits per heavy atom. The van der Waals surface area contributed by atoms with Gasteiger partial charge in [-0.05, 0) is 48.4 Å². The molecule has 0 fully saturated rings. The van der Waals surface area contributed by atoms with Crippen LogP contribution in [0.3, 0.4) is 0 Å². The van der Waals surface area contributed by atoms with Gasteiger partial charge in [0.1, 0.15) is 18.1 Å². The van der Waals surface area contributed by atoms with Crippen LogP contribution in [0.5, 0.6) is 11.5 Å². The molecule has 0 amide bonds. The van der Waals surface area contributed by atoms with Crippen LogP contribution in [0.1, 0.15) is 24.5 Å². The first-order chi connectivity index (χ1) is 9.81. The maximum absolute atomic E-state index is 8.84. The molecule has 102 valence electrons. The summed E-state index contributed by atoms with van der Waals surface area (Å²) in [5, 5.41) is 8.84. The molecule has 0 saturated carbocycles. The van der Waals surface area contributed by atoms with Crippen molar-refractivity contribution in [2.75, 3.05) is 6.61 Å². The minimum Gasteiger partial charge on any atom is -0.494 e. The van der Waals surface area contributed by atoms with E-state index in [1.807, 2.05) is 42.5 Å². The van der Waals surface area contributed by atoms with Gasteiger partial charge in [-0.3, -0.25) is 0 Å². The van der Waals surface area contributed by atoms with Gasteiger partial charge in [-0.2, -0.15) is 5.26 Å². The predicted molar refractivity (Wildman–Crippen MR) is 77.7 cm³/mol. The first-order valence-electron chi connectivity index (χ1n) is 6.66. The summed E-state index contributed by atoms with van der Waals surface area (Å²) in [4.78, 5) is 0. The maximum Gasteiger partial charge on any atom is 0.120 e. The lowest BCUT2D eigenvalue weighted by Gasteiger charge is -2.08. The third kappa shape index (κ3) is 4.03. The molecule has 3 heteroatoms. The normalized spacial score (nSPS) is 9.80. The second kappa shape index (κ2) is 7.20. The smallest absolute Gasteiger partial charge is 0.120 e. The summed E-state index contributed by atoms with van der Waals surface area (Å²) in [6.45, 7) is 3.25. The molecule has 3 nitrogen and oxygen atoms in total. The molecule has 0 aliphatic heterocycles. The summed E-state index contributed by atoms with van der Waals surface area (Å²) < 4.78 is 11.2. The lowest BCUT2D eigenvalue weighted by Crippen LogP contribution is -1.97.